The van der Waals surface area contributed by atoms with Gasteiger partial charge < -0.3 is 15.8 Å². The third kappa shape index (κ3) is 4.16. The van der Waals surface area contributed by atoms with Gasteiger partial charge in [-0.3, -0.25) is 9.48 Å². The lowest BCUT2D eigenvalue weighted by Gasteiger charge is -2.24. The lowest BCUT2D eigenvalue weighted by Crippen LogP contribution is -2.30. The molecule has 2 heterocycles. The Balaban J connectivity index is 1.32. The van der Waals surface area contributed by atoms with E-state index < -0.39 is 0 Å². The van der Waals surface area contributed by atoms with Crippen LogP contribution in [0.25, 0.3) is 0 Å². The maximum absolute atomic E-state index is 11.6. The highest BCUT2D eigenvalue weighted by Gasteiger charge is 2.24. The molecule has 1 aliphatic heterocycles. The predicted molar refractivity (Wildman–Crippen MR) is 104 cm³/mol. The number of aryl methyl sites for hydroxylation is 1. The fourth-order valence-corrected chi connectivity index (χ4v) is 4.24. The lowest BCUT2D eigenvalue weighted by atomic mass is 9.94. The summed E-state index contributed by atoms with van der Waals surface area (Å²) in [6.45, 7) is 2.54. The van der Waals surface area contributed by atoms with E-state index in [9.17, 15) is 4.79 Å². The molecule has 6 heteroatoms. The summed E-state index contributed by atoms with van der Waals surface area (Å²) in [7, 11) is 0. The normalized spacial score (nSPS) is 19.8. The number of para-hydroxylation sites is 1. The van der Waals surface area contributed by atoms with Gasteiger partial charge in [0.25, 0.3) is 5.91 Å². The van der Waals surface area contributed by atoms with Crippen molar-refractivity contribution in [3.8, 4) is 5.75 Å². The van der Waals surface area contributed by atoms with Crippen molar-refractivity contribution in [1.29, 1.82) is 0 Å². The van der Waals surface area contributed by atoms with Gasteiger partial charge in [0.05, 0.1) is 23.6 Å². The number of amides is 1. The number of fused-ring (bicyclic) bond motifs is 1. The van der Waals surface area contributed by atoms with Gasteiger partial charge in [-0.2, -0.15) is 5.10 Å². The summed E-state index contributed by atoms with van der Waals surface area (Å²) in [5.41, 5.74) is 8.22. The Morgan fingerprint density at radius 1 is 1.26 bits per heavy atom. The predicted octanol–water partition coefficient (Wildman–Crippen LogP) is 2.66. The van der Waals surface area contributed by atoms with E-state index in [4.69, 9.17) is 10.5 Å². The molecule has 1 aromatic heterocycles. The maximum atomic E-state index is 11.6. The first-order valence-corrected chi connectivity index (χ1v) is 10.0. The molecular formula is C21H28N4O2. The second-order valence-corrected chi connectivity index (χ2v) is 7.71. The summed E-state index contributed by atoms with van der Waals surface area (Å²) >= 11 is 0. The van der Waals surface area contributed by atoms with E-state index in [0.29, 0.717) is 17.6 Å². The van der Waals surface area contributed by atoms with Crippen LogP contribution >= 0.6 is 0 Å². The molecule has 1 atom stereocenters. The average Bonchev–Trinajstić information content (AvgIpc) is 3.32. The van der Waals surface area contributed by atoms with Gasteiger partial charge in [0.2, 0.25) is 0 Å². The quantitative estimate of drug-likeness (QED) is 0.787. The van der Waals surface area contributed by atoms with E-state index in [0.717, 1.165) is 43.9 Å². The molecule has 27 heavy (non-hydrogen) atoms. The highest BCUT2D eigenvalue weighted by atomic mass is 16.5. The number of primary amides is 1. The molecule has 0 radical (unpaired) electrons. The summed E-state index contributed by atoms with van der Waals surface area (Å²) in [6.07, 6.45) is 8.75. The molecule has 1 aliphatic carbocycles. The second kappa shape index (κ2) is 8.13. The van der Waals surface area contributed by atoms with Crippen molar-refractivity contribution in [2.75, 3.05) is 6.54 Å². The van der Waals surface area contributed by atoms with Crippen molar-refractivity contribution in [1.82, 2.24) is 15.1 Å². The van der Waals surface area contributed by atoms with Gasteiger partial charge in [0.15, 0.2) is 0 Å². The van der Waals surface area contributed by atoms with Crippen molar-refractivity contribution < 1.29 is 9.53 Å². The molecule has 4 rings (SSSR count). The molecule has 1 saturated carbocycles. The van der Waals surface area contributed by atoms with Crippen LogP contribution in [0.3, 0.4) is 0 Å². The SMILES string of the molecule is NC(=O)c1cnn2c1CC(CNCc1ccccc1OC1CCCC1)CC2. The molecule has 1 fully saturated rings. The van der Waals surface area contributed by atoms with Gasteiger partial charge in [0, 0.05) is 18.7 Å². The van der Waals surface area contributed by atoms with Crippen LogP contribution in [0.4, 0.5) is 0 Å². The Morgan fingerprint density at radius 2 is 2.07 bits per heavy atom. The summed E-state index contributed by atoms with van der Waals surface area (Å²) in [5, 5.41) is 7.86. The summed E-state index contributed by atoms with van der Waals surface area (Å²) in [4.78, 5) is 11.6. The summed E-state index contributed by atoms with van der Waals surface area (Å²) in [5.74, 6) is 1.10. The number of carbonyl (C=O) groups is 1. The maximum Gasteiger partial charge on any atom is 0.252 e. The second-order valence-electron chi connectivity index (χ2n) is 7.71. The number of hydrogen-bond acceptors (Lipinski definition) is 4. The molecule has 0 bridgehead atoms. The molecule has 1 amide bonds. The van der Waals surface area contributed by atoms with Crippen LogP contribution in [0.15, 0.2) is 30.5 Å². The van der Waals surface area contributed by atoms with Gasteiger partial charge in [-0.25, -0.2) is 0 Å². The minimum atomic E-state index is -0.386. The van der Waals surface area contributed by atoms with Crippen molar-refractivity contribution in [3.05, 3.63) is 47.3 Å². The first-order valence-electron chi connectivity index (χ1n) is 10.0. The van der Waals surface area contributed by atoms with Crippen LogP contribution in [0.1, 0.15) is 53.7 Å². The fraction of sp³-hybridized carbons (Fsp3) is 0.524. The molecule has 144 valence electrons. The van der Waals surface area contributed by atoms with E-state index in [1.54, 1.807) is 6.20 Å². The van der Waals surface area contributed by atoms with Crippen molar-refractivity contribution in [2.24, 2.45) is 11.7 Å². The molecule has 1 aromatic carbocycles. The highest BCUT2D eigenvalue weighted by Crippen LogP contribution is 2.27. The van der Waals surface area contributed by atoms with Gasteiger partial charge in [0.1, 0.15) is 5.75 Å². The number of aromatic nitrogens is 2. The number of carbonyl (C=O) groups excluding carboxylic acids is 1. The molecule has 1 unspecified atom stereocenters. The number of nitrogens with zero attached hydrogens (tertiary/aromatic N) is 2. The molecule has 3 N–H and O–H groups in total. The van der Waals surface area contributed by atoms with Crippen molar-refractivity contribution in [2.45, 2.75) is 57.7 Å². The zero-order chi connectivity index (χ0) is 18.6. The van der Waals surface area contributed by atoms with Crippen molar-refractivity contribution in [3.63, 3.8) is 0 Å². The number of benzene rings is 1. The van der Waals surface area contributed by atoms with Crippen LogP contribution in [-0.2, 0) is 19.5 Å². The lowest BCUT2D eigenvalue weighted by molar-refractivity contribution is 0.0998. The largest absolute Gasteiger partial charge is 0.490 e. The molecular weight excluding hydrogens is 340 g/mol. The first-order chi connectivity index (χ1) is 13.2. The third-order valence-electron chi connectivity index (χ3n) is 5.76. The smallest absolute Gasteiger partial charge is 0.252 e. The molecule has 0 spiro atoms. The number of nitrogens with two attached hydrogens (primary N) is 1. The van der Waals surface area contributed by atoms with Crippen LogP contribution < -0.4 is 15.8 Å². The number of nitrogens with one attached hydrogen (secondary N) is 1. The van der Waals surface area contributed by atoms with Gasteiger partial charge >= 0.3 is 0 Å². The monoisotopic (exact) mass is 368 g/mol. The van der Waals surface area contributed by atoms with E-state index in [2.05, 4.69) is 28.6 Å². The third-order valence-corrected chi connectivity index (χ3v) is 5.76. The molecule has 0 saturated heterocycles. The van der Waals surface area contributed by atoms with Crippen LogP contribution in [-0.4, -0.2) is 28.3 Å². The first kappa shape index (κ1) is 18.0. The minimum absolute atomic E-state index is 0.372. The Kier molecular flexibility index (Phi) is 5.43. The average molecular weight is 368 g/mol. The zero-order valence-corrected chi connectivity index (χ0v) is 15.7. The molecule has 2 aliphatic rings. The number of ether oxygens (including phenoxy) is 1. The summed E-state index contributed by atoms with van der Waals surface area (Å²) < 4.78 is 8.14. The van der Waals surface area contributed by atoms with E-state index in [-0.39, 0.29) is 5.91 Å². The molecule has 2 aromatic rings. The van der Waals surface area contributed by atoms with Crippen molar-refractivity contribution >= 4 is 5.91 Å². The zero-order valence-electron chi connectivity index (χ0n) is 15.7. The van der Waals surface area contributed by atoms with E-state index >= 15 is 0 Å². The van der Waals surface area contributed by atoms with E-state index in [1.807, 2.05) is 10.7 Å². The summed E-state index contributed by atoms with van der Waals surface area (Å²) in [6, 6.07) is 8.32. The number of rotatable bonds is 7. The number of hydrogen-bond donors (Lipinski definition) is 2. The van der Waals surface area contributed by atoms with Crippen LogP contribution in [0, 0.1) is 5.92 Å². The Hall–Kier alpha value is -2.34. The van der Waals surface area contributed by atoms with E-state index in [1.165, 1.54) is 31.2 Å². The Bertz CT molecular complexity index is 795. The van der Waals surface area contributed by atoms with Gasteiger partial charge in [-0.15, -0.1) is 0 Å². The Morgan fingerprint density at radius 3 is 2.89 bits per heavy atom. The Labute approximate surface area is 160 Å². The molecule has 6 nitrogen and oxygen atoms in total. The van der Waals surface area contributed by atoms with Gasteiger partial charge in [-0.05, 0) is 57.1 Å². The highest BCUT2D eigenvalue weighted by molar-refractivity contribution is 5.93. The topological polar surface area (TPSA) is 82.2 Å². The van der Waals surface area contributed by atoms with Crippen LogP contribution in [0.2, 0.25) is 0 Å². The van der Waals surface area contributed by atoms with Crippen LogP contribution in [0.5, 0.6) is 5.75 Å². The fourth-order valence-electron chi connectivity index (χ4n) is 4.24. The minimum Gasteiger partial charge on any atom is -0.490 e. The van der Waals surface area contributed by atoms with Gasteiger partial charge in [-0.1, -0.05) is 18.2 Å². The standard InChI is InChI=1S/C21H28N4O2/c22-21(26)18-14-24-25-10-9-15(11-19(18)25)12-23-13-16-5-1-4-8-20(16)27-17-6-2-3-7-17/h1,4-5,8,14-15,17,23H,2-3,6-7,9-13H2,(H2,22,26).